The number of hydrogen-bond acceptors (Lipinski definition) is 4. The zero-order chi connectivity index (χ0) is 20.1. The fourth-order valence-electron chi connectivity index (χ4n) is 4.96. The second-order valence-corrected chi connectivity index (χ2v) is 10.0. The smallest absolute Gasteiger partial charge is 0.146 e. The average molecular weight is 432 g/mol. The molecule has 0 saturated heterocycles. The lowest BCUT2D eigenvalue weighted by Gasteiger charge is -2.08. The lowest BCUT2D eigenvalue weighted by Crippen LogP contribution is -1.92. The second-order valence-electron chi connectivity index (χ2n) is 7.90. The number of imidazole rings is 1. The van der Waals surface area contributed by atoms with Crippen molar-refractivity contribution in [2.24, 2.45) is 0 Å². The van der Waals surface area contributed by atoms with Gasteiger partial charge in [-0.25, -0.2) is 4.98 Å². The van der Waals surface area contributed by atoms with Crippen molar-refractivity contribution in [2.45, 2.75) is 0 Å². The van der Waals surface area contributed by atoms with Gasteiger partial charge in [0, 0.05) is 65.0 Å². The van der Waals surface area contributed by atoms with Gasteiger partial charge in [0.1, 0.15) is 5.65 Å². The molecular formula is C26H13N3S2. The Labute approximate surface area is 183 Å². The van der Waals surface area contributed by atoms with Gasteiger partial charge in [-0.1, -0.05) is 24.3 Å². The van der Waals surface area contributed by atoms with Crippen LogP contribution in [-0.4, -0.2) is 14.4 Å². The molecule has 0 atom stereocenters. The maximum atomic E-state index is 4.72. The first kappa shape index (κ1) is 16.2. The Bertz CT molecular complexity index is 2010. The van der Waals surface area contributed by atoms with E-state index in [0.717, 1.165) is 16.6 Å². The maximum absolute atomic E-state index is 4.72. The Morgan fingerprint density at radius 3 is 2.39 bits per heavy atom. The fourth-order valence-corrected chi connectivity index (χ4v) is 7.35. The lowest BCUT2D eigenvalue weighted by atomic mass is 10.1. The Kier molecular flexibility index (Phi) is 2.91. The Morgan fingerprint density at radius 1 is 0.613 bits per heavy atom. The van der Waals surface area contributed by atoms with E-state index >= 15 is 0 Å². The summed E-state index contributed by atoms with van der Waals surface area (Å²) in [5.74, 6) is 0. The second kappa shape index (κ2) is 5.58. The molecule has 0 aliphatic rings. The molecule has 0 radical (unpaired) electrons. The minimum atomic E-state index is 0.965. The summed E-state index contributed by atoms with van der Waals surface area (Å²) in [7, 11) is 0. The molecule has 144 valence electrons. The molecule has 5 heteroatoms. The molecule has 0 aliphatic carbocycles. The van der Waals surface area contributed by atoms with Crippen molar-refractivity contribution in [3.05, 3.63) is 79.3 Å². The fraction of sp³-hybridized carbons (Fsp3) is 0. The van der Waals surface area contributed by atoms with Crippen LogP contribution < -0.4 is 0 Å². The average Bonchev–Trinajstić information content (AvgIpc) is 3.52. The van der Waals surface area contributed by atoms with Gasteiger partial charge in [0.2, 0.25) is 0 Å². The summed E-state index contributed by atoms with van der Waals surface area (Å²) in [5.41, 5.74) is 3.18. The zero-order valence-corrected chi connectivity index (χ0v) is 17.8. The zero-order valence-electron chi connectivity index (χ0n) is 16.2. The van der Waals surface area contributed by atoms with Gasteiger partial charge < -0.3 is 0 Å². The molecule has 8 rings (SSSR count). The molecule has 3 aromatic carbocycles. The number of aromatic nitrogens is 3. The molecule has 0 spiro atoms. The first-order chi connectivity index (χ1) is 15.4. The molecule has 0 saturated carbocycles. The maximum Gasteiger partial charge on any atom is 0.146 e. The Morgan fingerprint density at radius 2 is 1.42 bits per heavy atom. The van der Waals surface area contributed by atoms with Crippen LogP contribution in [0.5, 0.6) is 0 Å². The van der Waals surface area contributed by atoms with Crippen molar-refractivity contribution in [2.75, 3.05) is 0 Å². The molecule has 0 fully saturated rings. The van der Waals surface area contributed by atoms with Crippen LogP contribution in [0.2, 0.25) is 0 Å². The van der Waals surface area contributed by atoms with Gasteiger partial charge in [0.25, 0.3) is 0 Å². The van der Waals surface area contributed by atoms with E-state index in [0.29, 0.717) is 0 Å². The van der Waals surface area contributed by atoms with Crippen LogP contribution in [0, 0.1) is 0 Å². The highest BCUT2D eigenvalue weighted by Crippen LogP contribution is 2.44. The molecule has 5 aromatic heterocycles. The molecule has 0 N–H and O–H groups in total. The van der Waals surface area contributed by atoms with E-state index < -0.39 is 0 Å². The van der Waals surface area contributed by atoms with Crippen molar-refractivity contribution in [3.63, 3.8) is 0 Å². The number of pyridine rings is 2. The van der Waals surface area contributed by atoms with E-state index in [9.17, 15) is 0 Å². The van der Waals surface area contributed by atoms with Crippen LogP contribution >= 0.6 is 22.7 Å². The summed E-state index contributed by atoms with van der Waals surface area (Å²) in [6.07, 6.45) is 5.82. The summed E-state index contributed by atoms with van der Waals surface area (Å²) in [6.45, 7) is 0. The summed E-state index contributed by atoms with van der Waals surface area (Å²) >= 11 is 3.75. The van der Waals surface area contributed by atoms with Gasteiger partial charge in [-0.05, 0) is 36.4 Å². The minimum absolute atomic E-state index is 0.965. The highest BCUT2D eigenvalue weighted by atomic mass is 32.1. The standard InChI is InChI=1S/C26H13N3S2/c1-2-6-20-14(4-1)18-12-22-19(13-21(18)30-20)15-7-8-16-23-17(5-3-9-27-23)26-28-10-11-29(26)24(16)25(15)31-22/h1-13H. The molecule has 0 unspecified atom stereocenters. The first-order valence-electron chi connectivity index (χ1n) is 10.2. The predicted molar refractivity (Wildman–Crippen MR) is 134 cm³/mol. The Hall–Kier alpha value is -3.54. The van der Waals surface area contributed by atoms with Crippen LogP contribution in [0.1, 0.15) is 0 Å². The first-order valence-corrected chi connectivity index (χ1v) is 11.8. The van der Waals surface area contributed by atoms with E-state index in [1.165, 1.54) is 51.2 Å². The third-order valence-corrected chi connectivity index (χ3v) is 8.61. The van der Waals surface area contributed by atoms with Gasteiger partial charge in [-0.2, -0.15) is 0 Å². The van der Waals surface area contributed by atoms with Gasteiger partial charge >= 0.3 is 0 Å². The monoisotopic (exact) mass is 431 g/mol. The van der Waals surface area contributed by atoms with E-state index in [1.807, 2.05) is 41.1 Å². The predicted octanol–water partition coefficient (Wildman–Crippen LogP) is 7.77. The van der Waals surface area contributed by atoms with Crippen molar-refractivity contribution in [3.8, 4) is 0 Å². The van der Waals surface area contributed by atoms with Crippen LogP contribution in [0.3, 0.4) is 0 Å². The molecule has 0 amide bonds. The normalized spacial score (nSPS) is 12.5. The lowest BCUT2D eigenvalue weighted by molar-refractivity contribution is 1.27. The molecule has 8 aromatic rings. The number of fused-ring (bicyclic) bond motifs is 13. The topological polar surface area (TPSA) is 30.2 Å². The summed E-state index contributed by atoms with van der Waals surface area (Å²) in [4.78, 5) is 9.38. The van der Waals surface area contributed by atoms with E-state index in [1.54, 1.807) is 0 Å². The van der Waals surface area contributed by atoms with Crippen LogP contribution in [0.15, 0.2) is 79.3 Å². The van der Waals surface area contributed by atoms with Gasteiger partial charge in [-0.3, -0.25) is 9.38 Å². The molecular weight excluding hydrogens is 418 g/mol. The van der Waals surface area contributed by atoms with Crippen molar-refractivity contribution < 1.29 is 0 Å². The Balaban J connectivity index is 1.61. The molecule has 0 aliphatic heterocycles. The molecule has 3 nitrogen and oxygen atoms in total. The van der Waals surface area contributed by atoms with E-state index in [2.05, 4.69) is 70.2 Å². The molecule has 5 heterocycles. The summed E-state index contributed by atoms with van der Waals surface area (Å²) < 4.78 is 7.55. The van der Waals surface area contributed by atoms with Crippen molar-refractivity contribution >= 4 is 90.5 Å². The van der Waals surface area contributed by atoms with Crippen LogP contribution in [0.25, 0.3) is 67.8 Å². The molecule has 31 heavy (non-hydrogen) atoms. The number of thiophene rings is 2. The SMILES string of the molecule is c1ccc2c(c1)sc1cc3c(cc12)sc1c3ccc2c3ncccc3c3nccn3c21. The van der Waals surface area contributed by atoms with Crippen LogP contribution in [0.4, 0.5) is 0 Å². The third kappa shape index (κ3) is 1.98. The largest absolute Gasteiger partial charge is 0.298 e. The number of nitrogens with zero attached hydrogens (tertiary/aromatic N) is 3. The number of hydrogen-bond donors (Lipinski definition) is 0. The van der Waals surface area contributed by atoms with E-state index in [4.69, 9.17) is 4.98 Å². The van der Waals surface area contributed by atoms with E-state index in [-0.39, 0.29) is 0 Å². The third-order valence-electron chi connectivity index (χ3n) is 6.30. The number of rotatable bonds is 0. The van der Waals surface area contributed by atoms with Gasteiger partial charge in [-0.15, -0.1) is 22.7 Å². The quantitative estimate of drug-likeness (QED) is 0.230. The highest BCUT2D eigenvalue weighted by molar-refractivity contribution is 7.28. The summed E-state index contributed by atoms with van der Waals surface area (Å²) in [5, 5.41) is 7.59. The summed E-state index contributed by atoms with van der Waals surface area (Å²) in [6, 6.07) is 22.1. The van der Waals surface area contributed by atoms with Gasteiger partial charge in [0.15, 0.2) is 0 Å². The molecule has 0 bridgehead atoms. The van der Waals surface area contributed by atoms with Crippen LogP contribution in [-0.2, 0) is 0 Å². The van der Waals surface area contributed by atoms with Gasteiger partial charge in [0.05, 0.1) is 15.7 Å². The van der Waals surface area contributed by atoms with Crippen molar-refractivity contribution in [1.29, 1.82) is 0 Å². The highest BCUT2D eigenvalue weighted by Gasteiger charge is 2.17. The van der Waals surface area contributed by atoms with Crippen molar-refractivity contribution in [1.82, 2.24) is 14.4 Å². The minimum Gasteiger partial charge on any atom is -0.298 e. The number of benzene rings is 3.